The molecule has 10 aromatic rings. The fourth-order valence-electron chi connectivity index (χ4n) is 10.1. The third kappa shape index (κ3) is 5.52. The van der Waals surface area contributed by atoms with Crippen LogP contribution in [0, 0.1) is 0 Å². The monoisotopic (exact) mass is 792 g/mol. The Bertz CT molecular complexity index is 3250. The van der Waals surface area contributed by atoms with E-state index in [1.807, 2.05) is 0 Å². The molecule has 292 valence electrons. The van der Waals surface area contributed by atoms with Gasteiger partial charge in [0.1, 0.15) is 11.5 Å². The summed E-state index contributed by atoms with van der Waals surface area (Å²) in [5.74, 6) is 1.73. The van der Waals surface area contributed by atoms with Gasteiger partial charge in [-0.3, -0.25) is 0 Å². The SMILES string of the molecule is c1ccc(N(c2cccc(-c3cccc4c3Oc3ccccc3C43c4ccccc4-c4c(N(c5ccccc5)c5ccccc5)cccc43)c2)c2ccc3ccccc3c2)cc1. The van der Waals surface area contributed by atoms with Crippen molar-refractivity contribution >= 4 is 44.9 Å². The molecule has 1 atom stereocenters. The molecule has 0 radical (unpaired) electrons. The second kappa shape index (κ2) is 14.5. The predicted molar refractivity (Wildman–Crippen MR) is 256 cm³/mol. The van der Waals surface area contributed by atoms with Gasteiger partial charge < -0.3 is 14.5 Å². The van der Waals surface area contributed by atoms with Crippen LogP contribution in [0.15, 0.2) is 243 Å². The zero-order valence-electron chi connectivity index (χ0n) is 33.9. The van der Waals surface area contributed by atoms with Gasteiger partial charge in [0, 0.05) is 50.7 Å². The van der Waals surface area contributed by atoms with E-state index in [1.54, 1.807) is 0 Å². The van der Waals surface area contributed by atoms with Crippen LogP contribution in [-0.2, 0) is 5.41 Å². The second-order valence-corrected chi connectivity index (χ2v) is 16.0. The van der Waals surface area contributed by atoms with E-state index >= 15 is 0 Å². The maximum absolute atomic E-state index is 7.19. The number of hydrogen-bond donors (Lipinski definition) is 0. The van der Waals surface area contributed by atoms with Gasteiger partial charge in [-0.05, 0) is 106 Å². The molecule has 3 nitrogen and oxygen atoms in total. The Hall–Kier alpha value is -8.14. The van der Waals surface area contributed by atoms with E-state index in [0.29, 0.717) is 0 Å². The van der Waals surface area contributed by atoms with Gasteiger partial charge >= 0.3 is 0 Å². The van der Waals surface area contributed by atoms with Gasteiger partial charge in [-0.2, -0.15) is 0 Å². The van der Waals surface area contributed by atoms with E-state index in [2.05, 4.69) is 252 Å². The fraction of sp³-hybridized carbons (Fsp3) is 0.0169. The van der Waals surface area contributed by atoms with Crippen molar-refractivity contribution in [2.45, 2.75) is 5.41 Å². The van der Waals surface area contributed by atoms with Gasteiger partial charge in [0.15, 0.2) is 0 Å². The molecular weight excluding hydrogens is 753 g/mol. The van der Waals surface area contributed by atoms with Crippen molar-refractivity contribution < 1.29 is 4.74 Å². The molecule has 0 amide bonds. The highest BCUT2D eigenvalue weighted by atomic mass is 16.5. The summed E-state index contributed by atoms with van der Waals surface area (Å²) in [6, 6.07) is 87.4. The van der Waals surface area contributed by atoms with Gasteiger partial charge in [-0.1, -0.05) is 170 Å². The van der Waals surface area contributed by atoms with Gasteiger partial charge in [0.05, 0.1) is 11.1 Å². The van der Waals surface area contributed by atoms with Crippen LogP contribution in [0.5, 0.6) is 11.5 Å². The lowest BCUT2D eigenvalue weighted by molar-refractivity contribution is 0.438. The molecule has 1 spiro atoms. The Morgan fingerprint density at radius 3 is 1.61 bits per heavy atom. The van der Waals surface area contributed by atoms with Crippen LogP contribution >= 0.6 is 0 Å². The van der Waals surface area contributed by atoms with Crippen molar-refractivity contribution in [1.82, 2.24) is 0 Å². The largest absolute Gasteiger partial charge is 0.456 e. The van der Waals surface area contributed by atoms with Crippen molar-refractivity contribution in [2.24, 2.45) is 0 Å². The number of fused-ring (bicyclic) bond motifs is 10. The van der Waals surface area contributed by atoms with Crippen molar-refractivity contribution in [3.8, 4) is 33.8 Å². The van der Waals surface area contributed by atoms with Crippen molar-refractivity contribution in [3.05, 3.63) is 265 Å². The molecule has 3 heteroatoms. The molecule has 0 fully saturated rings. The summed E-state index contributed by atoms with van der Waals surface area (Å²) in [5, 5.41) is 2.42. The van der Waals surface area contributed by atoms with Crippen LogP contribution in [0.2, 0.25) is 0 Å². The summed E-state index contributed by atoms with van der Waals surface area (Å²) < 4.78 is 7.19. The second-order valence-electron chi connectivity index (χ2n) is 16.0. The van der Waals surface area contributed by atoms with Gasteiger partial charge in [0.25, 0.3) is 0 Å². The van der Waals surface area contributed by atoms with Crippen LogP contribution in [-0.4, -0.2) is 0 Å². The Balaban J connectivity index is 1.08. The van der Waals surface area contributed by atoms with Gasteiger partial charge in [-0.25, -0.2) is 0 Å². The first-order valence-electron chi connectivity index (χ1n) is 21.3. The Labute approximate surface area is 362 Å². The normalized spacial score (nSPS) is 14.3. The van der Waals surface area contributed by atoms with Crippen LogP contribution in [0.25, 0.3) is 33.0 Å². The number of ether oxygens (including phenoxy) is 1. The standard InChI is InChI=1S/C59H40N2O/c1-4-22-44(23-5-1)60(48-38-37-41-19-10-11-20-42(41)39-48)47-28-16-21-43(40-47)49-30-17-34-54-58(49)62-56-36-15-14-32-52(56)59(54)51-31-13-12-29-50(51)57-53(59)33-18-35-55(57)61(45-24-6-2-7-25-45)46-26-8-3-9-27-46/h1-40H. The molecule has 0 saturated carbocycles. The minimum absolute atomic E-state index is 0.653. The Morgan fingerprint density at radius 1 is 0.323 bits per heavy atom. The minimum atomic E-state index is -0.653. The third-order valence-corrected chi connectivity index (χ3v) is 12.7. The van der Waals surface area contributed by atoms with Gasteiger partial charge in [0.2, 0.25) is 0 Å². The number of hydrogen-bond acceptors (Lipinski definition) is 3. The van der Waals surface area contributed by atoms with Gasteiger partial charge in [-0.15, -0.1) is 0 Å². The number of benzene rings is 10. The lowest BCUT2D eigenvalue weighted by atomic mass is 9.65. The zero-order chi connectivity index (χ0) is 41.0. The van der Waals surface area contributed by atoms with Crippen molar-refractivity contribution in [2.75, 3.05) is 9.80 Å². The molecular formula is C59H40N2O. The lowest BCUT2D eigenvalue weighted by Crippen LogP contribution is -2.32. The van der Waals surface area contributed by atoms with E-state index in [0.717, 1.165) is 67.9 Å². The first-order valence-corrected chi connectivity index (χ1v) is 21.3. The number of nitrogens with zero attached hydrogens (tertiary/aromatic N) is 2. The predicted octanol–water partition coefficient (Wildman–Crippen LogP) is 15.9. The maximum atomic E-state index is 7.19. The first kappa shape index (κ1) is 35.8. The molecule has 0 N–H and O–H groups in total. The fourth-order valence-corrected chi connectivity index (χ4v) is 10.1. The van der Waals surface area contributed by atoms with Crippen LogP contribution in [0.1, 0.15) is 22.3 Å². The molecule has 0 aromatic heterocycles. The highest BCUT2D eigenvalue weighted by Crippen LogP contribution is 2.65. The zero-order valence-corrected chi connectivity index (χ0v) is 33.9. The van der Waals surface area contributed by atoms with E-state index in [-0.39, 0.29) is 0 Å². The molecule has 10 aromatic carbocycles. The van der Waals surface area contributed by atoms with E-state index < -0.39 is 5.41 Å². The summed E-state index contributed by atoms with van der Waals surface area (Å²) in [5.41, 5.74) is 15.3. The molecule has 0 saturated heterocycles. The molecule has 62 heavy (non-hydrogen) atoms. The summed E-state index contributed by atoms with van der Waals surface area (Å²) in [6.45, 7) is 0. The highest BCUT2D eigenvalue weighted by molar-refractivity contribution is 5.99. The van der Waals surface area contributed by atoms with Crippen LogP contribution in [0.3, 0.4) is 0 Å². The van der Waals surface area contributed by atoms with Crippen LogP contribution in [0.4, 0.5) is 34.1 Å². The van der Waals surface area contributed by atoms with E-state index in [1.165, 1.54) is 33.0 Å². The lowest BCUT2D eigenvalue weighted by Gasteiger charge is -2.40. The van der Waals surface area contributed by atoms with Crippen LogP contribution < -0.4 is 14.5 Å². The third-order valence-electron chi connectivity index (χ3n) is 12.7. The average Bonchev–Trinajstić information content (AvgIpc) is 3.64. The van der Waals surface area contributed by atoms with E-state index in [9.17, 15) is 0 Å². The highest BCUT2D eigenvalue weighted by Gasteiger charge is 2.52. The van der Waals surface area contributed by atoms with Crippen molar-refractivity contribution in [3.63, 3.8) is 0 Å². The maximum Gasteiger partial charge on any atom is 0.140 e. The molecule has 1 aliphatic carbocycles. The molecule has 1 unspecified atom stereocenters. The minimum Gasteiger partial charge on any atom is -0.456 e. The number of para-hydroxylation sites is 5. The Kier molecular flexibility index (Phi) is 8.39. The summed E-state index contributed by atoms with van der Waals surface area (Å²) in [6.07, 6.45) is 0. The summed E-state index contributed by atoms with van der Waals surface area (Å²) >= 11 is 0. The first-order chi connectivity index (χ1) is 30.8. The molecule has 12 rings (SSSR count). The number of rotatable bonds is 7. The van der Waals surface area contributed by atoms with E-state index in [4.69, 9.17) is 4.74 Å². The number of anilines is 6. The molecule has 1 aliphatic heterocycles. The quantitative estimate of drug-likeness (QED) is 0.160. The molecule has 0 bridgehead atoms. The topological polar surface area (TPSA) is 15.7 Å². The molecule has 2 aliphatic rings. The smallest absolute Gasteiger partial charge is 0.140 e. The molecule has 1 heterocycles. The Morgan fingerprint density at radius 2 is 0.855 bits per heavy atom. The summed E-state index contributed by atoms with van der Waals surface area (Å²) in [7, 11) is 0. The van der Waals surface area contributed by atoms with Crippen molar-refractivity contribution in [1.29, 1.82) is 0 Å². The summed E-state index contributed by atoms with van der Waals surface area (Å²) in [4.78, 5) is 4.75. The average molecular weight is 793 g/mol.